The molecule has 1 heterocycles. The van der Waals surface area contributed by atoms with Crippen LogP contribution in [0.15, 0.2) is 10.5 Å². The van der Waals surface area contributed by atoms with Crippen molar-refractivity contribution in [3.63, 3.8) is 0 Å². The molecule has 4 nitrogen and oxygen atoms in total. The summed E-state index contributed by atoms with van der Waals surface area (Å²) in [6, 6.07) is 1.57. The molecule has 1 aromatic carbocycles. The van der Waals surface area contributed by atoms with E-state index in [1.54, 1.807) is 6.07 Å². The van der Waals surface area contributed by atoms with Gasteiger partial charge in [-0.15, -0.1) is 0 Å². The van der Waals surface area contributed by atoms with Crippen LogP contribution in [0.1, 0.15) is 22.3 Å². The van der Waals surface area contributed by atoms with Crippen LogP contribution in [-0.2, 0) is 6.54 Å². The number of halogens is 1. The largest absolute Gasteiger partial charge is 0.506 e. The molecule has 0 saturated heterocycles. The van der Waals surface area contributed by atoms with Gasteiger partial charge in [0.25, 0.3) is 0 Å². The Labute approximate surface area is 95.2 Å². The number of benzene rings is 1. The molecule has 3 N–H and O–H groups in total. The Hall–Kier alpha value is -1.07. The van der Waals surface area contributed by atoms with Crippen LogP contribution >= 0.6 is 15.9 Å². The zero-order chi connectivity index (χ0) is 11.0. The van der Waals surface area contributed by atoms with Gasteiger partial charge in [0.05, 0.1) is 22.2 Å². The molecule has 0 radical (unpaired) electrons. The summed E-state index contributed by atoms with van der Waals surface area (Å²) in [6.45, 7) is 0.487. The van der Waals surface area contributed by atoms with Crippen LogP contribution in [-0.4, -0.2) is 17.5 Å². The lowest BCUT2D eigenvalue weighted by atomic mass is 10.0. The summed E-state index contributed by atoms with van der Waals surface area (Å²) in [5, 5.41) is 9.72. The number of aromatic hydroxyl groups is 1. The first-order chi connectivity index (χ1) is 7.15. The maximum atomic E-state index is 11.6. The molecule has 1 aliphatic heterocycles. The van der Waals surface area contributed by atoms with Crippen molar-refractivity contribution in [2.45, 2.75) is 13.0 Å². The first-order valence-corrected chi connectivity index (χ1v) is 5.35. The van der Waals surface area contributed by atoms with Crippen molar-refractivity contribution in [1.29, 1.82) is 0 Å². The van der Waals surface area contributed by atoms with Crippen LogP contribution in [0.5, 0.6) is 11.5 Å². The molecule has 1 aliphatic rings. The van der Waals surface area contributed by atoms with Crippen molar-refractivity contribution in [3.8, 4) is 11.5 Å². The summed E-state index contributed by atoms with van der Waals surface area (Å²) in [5.74, 6) is 0.493. The van der Waals surface area contributed by atoms with Gasteiger partial charge in [0.1, 0.15) is 11.5 Å². The third-order valence-corrected chi connectivity index (χ3v) is 2.99. The van der Waals surface area contributed by atoms with E-state index in [1.807, 2.05) is 0 Å². The number of fused-ring (bicyclic) bond motifs is 1. The monoisotopic (exact) mass is 271 g/mol. The van der Waals surface area contributed by atoms with Crippen molar-refractivity contribution in [3.05, 3.63) is 21.7 Å². The number of rotatable bonds is 1. The molecule has 1 aromatic rings. The average molecular weight is 272 g/mol. The molecule has 0 aromatic heterocycles. The van der Waals surface area contributed by atoms with E-state index in [9.17, 15) is 9.90 Å². The summed E-state index contributed by atoms with van der Waals surface area (Å²) < 4.78 is 5.84. The first kappa shape index (κ1) is 10.4. The van der Waals surface area contributed by atoms with Crippen LogP contribution in [0.2, 0.25) is 0 Å². The van der Waals surface area contributed by atoms with Gasteiger partial charge in [-0.1, -0.05) is 0 Å². The number of Topliss-reactive ketones (excluding diaryl/α,β-unsaturated/α-hetero) is 1. The molecule has 80 valence electrons. The number of phenolic OH excluding ortho intramolecular Hbond substituents is 1. The maximum Gasteiger partial charge on any atom is 0.170 e. The normalized spacial score (nSPS) is 14.7. The topological polar surface area (TPSA) is 72.6 Å². The van der Waals surface area contributed by atoms with Crippen LogP contribution in [0.25, 0.3) is 0 Å². The predicted octanol–water partition coefficient (Wildman–Crippen LogP) is 1.58. The Kier molecular flexibility index (Phi) is 2.67. The molecular formula is C10H10BrNO3. The molecule has 0 aliphatic carbocycles. The summed E-state index contributed by atoms with van der Waals surface area (Å²) in [7, 11) is 0. The highest BCUT2D eigenvalue weighted by molar-refractivity contribution is 9.10. The molecular weight excluding hydrogens is 262 g/mol. The first-order valence-electron chi connectivity index (χ1n) is 4.55. The quantitative estimate of drug-likeness (QED) is 0.814. The van der Waals surface area contributed by atoms with Crippen molar-refractivity contribution in [1.82, 2.24) is 0 Å². The van der Waals surface area contributed by atoms with Gasteiger partial charge < -0.3 is 15.6 Å². The number of ketones is 1. The molecule has 2 rings (SSSR count). The predicted molar refractivity (Wildman–Crippen MR) is 58.1 cm³/mol. The van der Waals surface area contributed by atoms with Crippen LogP contribution in [0.3, 0.4) is 0 Å². The maximum absolute atomic E-state index is 11.6. The van der Waals surface area contributed by atoms with Gasteiger partial charge in [0.15, 0.2) is 5.78 Å². The van der Waals surface area contributed by atoms with Crippen molar-refractivity contribution < 1.29 is 14.6 Å². The molecule has 0 unspecified atom stereocenters. The van der Waals surface area contributed by atoms with Gasteiger partial charge in [0, 0.05) is 13.0 Å². The number of carbonyl (C=O) groups excluding carboxylic acids is 1. The SMILES string of the molecule is NCc1c(O)c(Br)cc2c1OCCC2=O. The number of hydrogen-bond donors (Lipinski definition) is 2. The third-order valence-electron chi connectivity index (χ3n) is 2.38. The van der Waals surface area contributed by atoms with Crippen molar-refractivity contribution in [2.24, 2.45) is 5.73 Å². The molecule has 0 amide bonds. The third kappa shape index (κ3) is 1.61. The van der Waals surface area contributed by atoms with Gasteiger partial charge >= 0.3 is 0 Å². The smallest absolute Gasteiger partial charge is 0.170 e. The Morgan fingerprint density at radius 3 is 3.00 bits per heavy atom. The summed E-state index contributed by atoms with van der Waals surface area (Å²) in [4.78, 5) is 11.6. The summed E-state index contributed by atoms with van der Waals surface area (Å²) >= 11 is 3.18. The second-order valence-corrected chi connectivity index (χ2v) is 4.14. The van der Waals surface area contributed by atoms with E-state index in [0.717, 1.165) is 0 Å². The lowest BCUT2D eigenvalue weighted by Crippen LogP contribution is -2.18. The highest BCUT2D eigenvalue weighted by Crippen LogP contribution is 2.39. The number of nitrogens with two attached hydrogens (primary N) is 1. The van der Waals surface area contributed by atoms with Crippen LogP contribution in [0.4, 0.5) is 0 Å². The lowest BCUT2D eigenvalue weighted by Gasteiger charge is -2.20. The Morgan fingerprint density at radius 1 is 1.60 bits per heavy atom. The van der Waals surface area contributed by atoms with Gasteiger partial charge in [-0.05, 0) is 22.0 Å². The molecule has 0 spiro atoms. The van der Waals surface area contributed by atoms with E-state index in [0.29, 0.717) is 34.4 Å². The Balaban J connectivity index is 2.69. The zero-order valence-electron chi connectivity index (χ0n) is 7.92. The Bertz CT molecular complexity index is 431. The molecule has 0 saturated carbocycles. The van der Waals surface area contributed by atoms with Crippen LogP contribution < -0.4 is 10.5 Å². The highest BCUT2D eigenvalue weighted by Gasteiger charge is 2.24. The zero-order valence-corrected chi connectivity index (χ0v) is 9.50. The van der Waals surface area contributed by atoms with E-state index in [1.165, 1.54) is 0 Å². The van der Waals surface area contributed by atoms with Gasteiger partial charge in [-0.3, -0.25) is 4.79 Å². The average Bonchev–Trinajstić information content (AvgIpc) is 2.22. The fraction of sp³-hybridized carbons (Fsp3) is 0.300. The molecule has 0 atom stereocenters. The van der Waals surface area contributed by atoms with Gasteiger partial charge in [0.2, 0.25) is 0 Å². The standard InChI is InChI=1S/C10H10BrNO3/c11-7-3-5-8(13)1-2-15-10(5)6(4-12)9(7)14/h3,14H,1-2,4,12H2. The van der Waals surface area contributed by atoms with E-state index in [2.05, 4.69) is 15.9 Å². The van der Waals surface area contributed by atoms with Crippen molar-refractivity contribution >= 4 is 21.7 Å². The minimum atomic E-state index is 0.0200. The van der Waals surface area contributed by atoms with E-state index in [4.69, 9.17) is 10.5 Å². The molecule has 0 bridgehead atoms. The highest BCUT2D eigenvalue weighted by atomic mass is 79.9. The minimum Gasteiger partial charge on any atom is -0.506 e. The number of hydrogen-bond acceptors (Lipinski definition) is 4. The molecule has 15 heavy (non-hydrogen) atoms. The molecule has 0 fully saturated rings. The summed E-state index contributed by atoms with van der Waals surface area (Å²) in [5.41, 5.74) is 6.49. The van der Waals surface area contributed by atoms with Gasteiger partial charge in [-0.2, -0.15) is 0 Å². The van der Waals surface area contributed by atoms with E-state index >= 15 is 0 Å². The fourth-order valence-electron chi connectivity index (χ4n) is 1.62. The van der Waals surface area contributed by atoms with E-state index in [-0.39, 0.29) is 18.1 Å². The lowest BCUT2D eigenvalue weighted by molar-refractivity contribution is 0.0932. The van der Waals surface area contributed by atoms with Crippen molar-refractivity contribution in [2.75, 3.05) is 6.61 Å². The second-order valence-electron chi connectivity index (χ2n) is 3.29. The number of phenols is 1. The second kappa shape index (κ2) is 3.83. The fourth-order valence-corrected chi connectivity index (χ4v) is 2.08. The minimum absolute atomic E-state index is 0.0200. The molecule has 5 heteroatoms. The Morgan fingerprint density at radius 2 is 2.33 bits per heavy atom. The van der Waals surface area contributed by atoms with Crippen LogP contribution in [0, 0.1) is 0 Å². The number of carbonyl (C=O) groups is 1. The number of ether oxygens (including phenoxy) is 1. The van der Waals surface area contributed by atoms with Gasteiger partial charge in [-0.25, -0.2) is 0 Å². The summed E-state index contributed by atoms with van der Waals surface area (Å²) in [6.07, 6.45) is 0.369. The van der Waals surface area contributed by atoms with E-state index < -0.39 is 0 Å².